The number of rotatable bonds is 8. The Hall–Kier alpha value is -3.60. The molecule has 0 bridgehead atoms. The minimum atomic E-state index is -0.916. The van der Waals surface area contributed by atoms with Crippen LogP contribution in [0.3, 0.4) is 0 Å². The third kappa shape index (κ3) is 4.55. The molecule has 1 amide bonds. The summed E-state index contributed by atoms with van der Waals surface area (Å²) < 4.78 is 10.8. The number of hydrogen-bond donors (Lipinski definition) is 1. The van der Waals surface area contributed by atoms with Gasteiger partial charge >= 0.3 is 0 Å². The van der Waals surface area contributed by atoms with Crippen molar-refractivity contribution in [3.8, 4) is 11.5 Å². The largest absolute Gasteiger partial charge is 0.454 e. The summed E-state index contributed by atoms with van der Waals surface area (Å²) in [7, 11) is 0. The molecule has 0 aromatic heterocycles. The molecule has 182 valence electrons. The van der Waals surface area contributed by atoms with E-state index in [1.807, 2.05) is 12.1 Å². The lowest BCUT2D eigenvalue weighted by Crippen LogP contribution is -2.50. The maximum Gasteiger partial charge on any atom is 0.280 e. The van der Waals surface area contributed by atoms with Crippen LogP contribution in [-0.2, 0) is 4.79 Å². The molecule has 2 aromatic carbocycles. The number of nitrogens with one attached hydrogen (secondary N) is 1. The van der Waals surface area contributed by atoms with Crippen LogP contribution in [0.2, 0.25) is 0 Å². The second-order valence-corrected chi connectivity index (χ2v) is 9.44. The Labute approximate surface area is 205 Å². The highest BCUT2D eigenvalue weighted by Crippen LogP contribution is 2.43. The Morgan fingerprint density at radius 1 is 1.17 bits per heavy atom. The van der Waals surface area contributed by atoms with Crippen molar-refractivity contribution in [2.45, 2.75) is 45.2 Å². The monoisotopic (exact) mass is 495 g/mol. The molecule has 2 aromatic rings. The number of nitro groups is 1. The maximum atomic E-state index is 13.3. The first-order valence-electron chi connectivity index (χ1n) is 11.6. The van der Waals surface area contributed by atoms with Crippen molar-refractivity contribution < 1.29 is 19.2 Å². The second-order valence-electron chi connectivity index (χ2n) is 8.36. The second kappa shape index (κ2) is 9.95. The molecule has 1 atom stereocenters. The smallest absolute Gasteiger partial charge is 0.280 e. The highest BCUT2D eigenvalue weighted by atomic mass is 32.2. The number of benzene rings is 2. The molecule has 10 nitrogen and oxygen atoms in total. The number of carbonyl (C=O) groups excluding carboxylic acids is 1. The average molecular weight is 496 g/mol. The lowest BCUT2D eigenvalue weighted by atomic mass is 10.1. The molecule has 0 fully saturated rings. The number of fused-ring (bicyclic) bond motifs is 3. The van der Waals surface area contributed by atoms with Crippen LogP contribution in [0.5, 0.6) is 11.5 Å². The van der Waals surface area contributed by atoms with E-state index in [1.165, 1.54) is 42.1 Å². The molecule has 1 N–H and O–H groups in total. The molecule has 1 unspecified atom stereocenters. The van der Waals surface area contributed by atoms with Gasteiger partial charge in [-0.05, 0) is 18.6 Å². The molecule has 35 heavy (non-hydrogen) atoms. The van der Waals surface area contributed by atoms with Crippen LogP contribution in [0.1, 0.15) is 50.8 Å². The fraction of sp³-hybridized carbons (Fsp3) is 0.375. The quantitative estimate of drug-likeness (QED) is 0.339. The van der Waals surface area contributed by atoms with E-state index in [0.29, 0.717) is 32.9 Å². The maximum absolute atomic E-state index is 13.3. The average Bonchev–Trinajstić information content (AvgIpc) is 3.32. The number of thioether (sulfide) groups is 1. The van der Waals surface area contributed by atoms with Gasteiger partial charge in [0.05, 0.1) is 21.9 Å². The van der Waals surface area contributed by atoms with E-state index < -0.39 is 11.1 Å². The number of amidine groups is 1. The summed E-state index contributed by atoms with van der Waals surface area (Å²) in [5.41, 5.74) is 0.404. The standard InChI is InChI=1S/C24H25N5O5S/c1-2-3-4-5-8-11-35-24-26-23(30)21-15-9-6-7-10-17(15)25-22(28(21)27-24)16-12-19-20(34-14-33-19)13-18(16)29(31)32/h6-7,9-10,12-13,22H,2-5,8,11,14H2,1H3,(H,26,27,30). The van der Waals surface area contributed by atoms with Crippen molar-refractivity contribution in [1.82, 2.24) is 10.3 Å². The molecule has 3 heterocycles. The first-order valence-corrected chi connectivity index (χ1v) is 12.6. The summed E-state index contributed by atoms with van der Waals surface area (Å²) in [4.78, 5) is 29.5. The van der Waals surface area contributed by atoms with Gasteiger partial charge in [-0.15, -0.1) is 5.10 Å². The summed E-state index contributed by atoms with van der Waals surface area (Å²) in [5.74, 6) is 1.20. The first-order chi connectivity index (χ1) is 17.1. The topological polar surface area (TPSA) is 119 Å². The molecule has 3 aliphatic rings. The van der Waals surface area contributed by atoms with Gasteiger partial charge in [-0.25, -0.2) is 5.01 Å². The minimum Gasteiger partial charge on any atom is -0.454 e. The van der Waals surface area contributed by atoms with E-state index >= 15 is 0 Å². The zero-order valence-electron chi connectivity index (χ0n) is 19.2. The summed E-state index contributed by atoms with van der Waals surface area (Å²) in [6.07, 6.45) is 4.80. The number of hydrogen-bond acceptors (Lipinski definition) is 9. The predicted molar refractivity (Wildman–Crippen MR) is 131 cm³/mol. The van der Waals surface area contributed by atoms with Crippen LogP contribution in [0.15, 0.2) is 46.5 Å². The van der Waals surface area contributed by atoms with Gasteiger partial charge in [0.1, 0.15) is 5.70 Å². The highest BCUT2D eigenvalue weighted by molar-refractivity contribution is 8.13. The third-order valence-corrected chi connectivity index (χ3v) is 6.95. The Kier molecular flexibility index (Phi) is 6.58. The van der Waals surface area contributed by atoms with E-state index in [1.54, 1.807) is 18.2 Å². The van der Waals surface area contributed by atoms with Crippen molar-refractivity contribution in [3.05, 3.63) is 62.7 Å². The molecule has 0 spiro atoms. The SMILES string of the molecule is CCCCCCCSC1=NN2C(=c3ccccc3=NC2c2cc3c(cc2[N+](=O)[O-])OCO3)C(=O)N1. The number of carbonyl (C=O) groups is 1. The van der Waals surface area contributed by atoms with Gasteiger partial charge in [0, 0.05) is 11.0 Å². The first kappa shape index (κ1) is 23.2. The van der Waals surface area contributed by atoms with Gasteiger partial charge in [0.15, 0.2) is 22.8 Å². The number of nitrogens with zero attached hydrogens (tertiary/aromatic N) is 4. The summed E-state index contributed by atoms with van der Waals surface area (Å²) in [6.45, 7) is 2.17. The predicted octanol–water partition coefficient (Wildman–Crippen LogP) is 3.17. The number of ether oxygens (including phenoxy) is 2. The Bertz CT molecular complexity index is 1330. The van der Waals surface area contributed by atoms with Gasteiger partial charge in [-0.1, -0.05) is 62.6 Å². The molecule has 0 saturated heterocycles. The third-order valence-electron chi connectivity index (χ3n) is 6.00. The Morgan fingerprint density at radius 2 is 1.94 bits per heavy atom. The number of para-hydroxylation sites is 1. The van der Waals surface area contributed by atoms with E-state index in [4.69, 9.17) is 19.6 Å². The van der Waals surface area contributed by atoms with E-state index in [-0.39, 0.29) is 24.0 Å². The summed E-state index contributed by atoms with van der Waals surface area (Å²) >= 11 is 1.47. The van der Waals surface area contributed by atoms with Crippen molar-refractivity contribution in [3.63, 3.8) is 0 Å². The molecular weight excluding hydrogens is 470 g/mol. The molecule has 3 aliphatic heterocycles. The summed E-state index contributed by atoms with van der Waals surface area (Å²) in [5, 5.41) is 22.7. The van der Waals surface area contributed by atoms with Crippen LogP contribution in [0, 0.1) is 10.1 Å². The van der Waals surface area contributed by atoms with Crippen LogP contribution in [-0.4, -0.2) is 33.6 Å². The zero-order valence-corrected chi connectivity index (χ0v) is 20.0. The highest BCUT2D eigenvalue weighted by Gasteiger charge is 2.38. The van der Waals surface area contributed by atoms with E-state index in [2.05, 4.69) is 12.2 Å². The van der Waals surface area contributed by atoms with E-state index in [9.17, 15) is 14.9 Å². The molecule has 0 radical (unpaired) electrons. The van der Waals surface area contributed by atoms with Gasteiger partial charge < -0.3 is 9.47 Å². The van der Waals surface area contributed by atoms with Crippen molar-refractivity contribution in [2.24, 2.45) is 10.1 Å². The molecule has 0 saturated carbocycles. The van der Waals surface area contributed by atoms with Gasteiger partial charge in [-0.2, -0.15) is 0 Å². The number of hydrazone groups is 1. The fourth-order valence-corrected chi connectivity index (χ4v) is 5.13. The summed E-state index contributed by atoms with van der Waals surface area (Å²) in [6, 6.07) is 10.1. The van der Waals surface area contributed by atoms with Crippen LogP contribution in [0.4, 0.5) is 5.69 Å². The van der Waals surface area contributed by atoms with Crippen LogP contribution in [0.25, 0.3) is 5.70 Å². The molecule has 11 heteroatoms. The number of unbranched alkanes of at least 4 members (excludes halogenated alkanes) is 4. The van der Waals surface area contributed by atoms with Gasteiger partial charge in [-0.3, -0.25) is 25.2 Å². The van der Waals surface area contributed by atoms with Crippen molar-refractivity contribution in [2.75, 3.05) is 12.5 Å². The lowest BCUT2D eigenvalue weighted by molar-refractivity contribution is -0.386. The fourth-order valence-electron chi connectivity index (χ4n) is 4.28. The minimum absolute atomic E-state index is 0.0126. The molecule has 5 rings (SSSR count). The molecular formula is C24H25N5O5S. The Morgan fingerprint density at radius 3 is 2.74 bits per heavy atom. The zero-order chi connectivity index (χ0) is 24.4. The lowest BCUT2D eigenvalue weighted by Gasteiger charge is -2.33. The number of nitro benzene ring substituents is 1. The molecule has 0 aliphatic carbocycles. The van der Waals surface area contributed by atoms with Crippen molar-refractivity contribution in [1.29, 1.82) is 0 Å². The Balaban J connectivity index is 1.55. The van der Waals surface area contributed by atoms with Crippen molar-refractivity contribution >= 4 is 34.2 Å². The number of amides is 1. The van der Waals surface area contributed by atoms with Crippen LogP contribution >= 0.6 is 11.8 Å². The van der Waals surface area contributed by atoms with Crippen LogP contribution < -0.4 is 25.4 Å². The van der Waals surface area contributed by atoms with Gasteiger partial charge in [0.2, 0.25) is 6.79 Å². The van der Waals surface area contributed by atoms with E-state index in [0.717, 1.165) is 18.6 Å². The van der Waals surface area contributed by atoms with Gasteiger partial charge in [0.25, 0.3) is 11.6 Å². The normalized spacial score (nSPS) is 17.8.